The molecule has 0 spiro atoms. The standard InChI is InChI=1S/C15H19N3O2S/c1-11-7-13-3-2-4-14(15(13)17-8-11)21(19,20)18-10-12-5-6-16-9-12/h2-4,7-8,12,16,18H,5-6,9-10H2,1H3. The van der Waals surface area contributed by atoms with E-state index in [-0.39, 0.29) is 4.90 Å². The number of nitrogens with one attached hydrogen (secondary N) is 2. The smallest absolute Gasteiger partial charge is 0.242 e. The molecule has 21 heavy (non-hydrogen) atoms. The van der Waals surface area contributed by atoms with Gasteiger partial charge in [0.1, 0.15) is 4.90 Å². The number of sulfonamides is 1. The molecule has 2 N–H and O–H groups in total. The van der Waals surface area contributed by atoms with Crippen LogP contribution in [0.5, 0.6) is 0 Å². The topological polar surface area (TPSA) is 71.1 Å². The van der Waals surface area contributed by atoms with Crippen molar-refractivity contribution < 1.29 is 8.42 Å². The minimum absolute atomic E-state index is 0.256. The maximum absolute atomic E-state index is 12.5. The SMILES string of the molecule is Cc1cnc2c(S(=O)(=O)NCC3CCNC3)cccc2c1. The Labute approximate surface area is 124 Å². The summed E-state index contributed by atoms with van der Waals surface area (Å²) in [6, 6.07) is 7.20. The van der Waals surface area contributed by atoms with E-state index in [2.05, 4.69) is 15.0 Å². The predicted molar refractivity (Wildman–Crippen MR) is 82.6 cm³/mol. The van der Waals surface area contributed by atoms with Gasteiger partial charge in [0.2, 0.25) is 10.0 Å². The Morgan fingerprint density at radius 3 is 3.05 bits per heavy atom. The fourth-order valence-corrected chi connectivity index (χ4v) is 3.95. The van der Waals surface area contributed by atoms with Crippen molar-refractivity contribution in [3.05, 3.63) is 36.0 Å². The third-order valence-corrected chi connectivity index (χ3v) is 5.28. The van der Waals surface area contributed by atoms with E-state index in [4.69, 9.17) is 0 Å². The number of hydrogen-bond donors (Lipinski definition) is 2. The van der Waals surface area contributed by atoms with E-state index < -0.39 is 10.0 Å². The third-order valence-electron chi connectivity index (χ3n) is 3.82. The van der Waals surface area contributed by atoms with Gasteiger partial charge in [0.05, 0.1) is 5.52 Å². The molecule has 1 fully saturated rings. The molecule has 0 aliphatic carbocycles. The molecule has 1 atom stereocenters. The van der Waals surface area contributed by atoms with E-state index in [1.165, 1.54) is 0 Å². The second kappa shape index (κ2) is 5.71. The Morgan fingerprint density at radius 2 is 2.29 bits per heavy atom. The second-order valence-electron chi connectivity index (χ2n) is 5.55. The van der Waals surface area contributed by atoms with Gasteiger partial charge in [0, 0.05) is 18.1 Å². The van der Waals surface area contributed by atoms with E-state index >= 15 is 0 Å². The van der Waals surface area contributed by atoms with Crippen LogP contribution < -0.4 is 10.0 Å². The highest BCUT2D eigenvalue weighted by Gasteiger charge is 2.21. The van der Waals surface area contributed by atoms with Crippen LogP contribution in [0.3, 0.4) is 0 Å². The summed E-state index contributed by atoms with van der Waals surface area (Å²) < 4.78 is 27.7. The molecular weight excluding hydrogens is 286 g/mol. The molecule has 1 aliphatic heterocycles. The molecule has 0 radical (unpaired) electrons. The molecule has 112 valence electrons. The van der Waals surface area contributed by atoms with Crippen LogP contribution in [-0.4, -0.2) is 33.0 Å². The Bertz CT molecular complexity index is 753. The number of nitrogens with zero attached hydrogens (tertiary/aromatic N) is 1. The van der Waals surface area contributed by atoms with Gasteiger partial charge in [-0.2, -0.15) is 0 Å². The van der Waals surface area contributed by atoms with Crippen LogP contribution in [0.2, 0.25) is 0 Å². The van der Waals surface area contributed by atoms with E-state index in [1.807, 2.05) is 19.1 Å². The molecule has 1 aromatic heterocycles. The first kappa shape index (κ1) is 14.4. The highest BCUT2D eigenvalue weighted by molar-refractivity contribution is 7.89. The van der Waals surface area contributed by atoms with Gasteiger partial charge >= 0.3 is 0 Å². The van der Waals surface area contributed by atoms with Crippen molar-refractivity contribution in [3.63, 3.8) is 0 Å². The normalized spacial score (nSPS) is 19.2. The average Bonchev–Trinajstić information content (AvgIpc) is 2.97. The first-order valence-corrected chi connectivity index (χ1v) is 8.60. The largest absolute Gasteiger partial charge is 0.316 e. The molecule has 5 nitrogen and oxygen atoms in total. The van der Waals surface area contributed by atoms with Gasteiger partial charge in [-0.15, -0.1) is 0 Å². The van der Waals surface area contributed by atoms with Gasteiger partial charge in [-0.1, -0.05) is 12.1 Å². The molecule has 6 heteroatoms. The molecule has 2 aromatic rings. The molecule has 3 rings (SSSR count). The van der Waals surface area contributed by atoms with Crippen molar-refractivity contribution in [2.24, 2.45) is 5.92 Å². The highest BCUT2D eigenvalue weighted by atomic mass is 32.2. The summed E-state index contributed by atoms with van der Waals surface area (Å²) in [5.41, 5.74) is 1.54. The van der Waals surface area contributed by atoms with Crippen molar-refractivity contribution in [1.82, 2.24) is 15.0 Å². The first-order valence-electron chi connectivity index (χ1n) is 7.12. The quantitative estimate of drug-likeness (QED) is 0.896. The Kier molecular flexibility index (Phi) is 3.93. The molecule has 1 aliphatic rings. The lowest BCUT2D eigenvalue weighted by Gasteiger charge is -2.12. The van der Waals surface area contributed by atoms with Crippen LogP contribution in [0.25, 0.3) is 10.9 Å². The monoisotopic (exact) mass is 305 g/mol. The maximum atomic E-state index is 12.5. The maximum Gasteiger partial charge on any atom is 0.242 e. The number of rotatable bonds is 4. The third kappa shape index (κ3) is 3.07. The summed E-state index contributed by atoms with van der Waals surface area (Å²) in [6.07, 6.45) is 2.71. The van der Waals surface area contributed by atoms with Crippen molar-refractivity contribution in [3.8, 4) is 0 Å². The van der Waals surface area contributed by atoms with Crippen molar-refractivity contribution >= 4 is 20.9 Å². The zero-order chi connectivity index (χ0) is 14.9. The Balaban J connectivity index is 1.91. The van der Waals surface area contributed by atoms with Crippen LogP contribution >= 0.6 is 0 Å². The summed E-state index contributed by atoms with van der Waals surface area (Å²) in [4.78, 5) is 4.55. The predicted octanol–water partition coefficient (Wildman–Crippen LogP) is 1.43. The number of fused-ring (bicyclic) bond motifs is 1. The fraction of sp³-hybridized carbons (Fsp3) is 0.400. The van der Waals surface area contributed by atoms with Gasteiger partial charge in [0.25, 0.3) is 0 Å². The van der Waals surface area contributed by atoms with Crippen LogP contribution in [0.4, 0.5) is 0 Å². The van der Waals surface area contributed by atoms with Crippen LogP contribution in [0.1, 0.15) is 12.0 Å². The minimum atomic E-state index is -3.53. The molecule has 1 saturated heterocycles. The van der Waals surface area contributed by atoms with Gasteiger partial charge in [-0.05, 0) is 50.0 Å². The van der Waals surface area contributed by atoms with E-state index in [1.54, 1.807) is 18.3 Å². The molecule has 1 aromatic carbocycles. The van der Waals surface area contributed by atoms with E-state index in [9.17, 15) is 8.42 Å². The van der Waals surface area contributed by atoms with Crippen molar-refractivity contribution in [2.75, 3.05) is 19.6 Å². The van der Waals surface area contributed by atoms with Gasteiger partial charge < -0.3 is 5.32 Å². The number of aryl methyl sites for hydroxylation is 1. The molecule has 0 amide bonds. The van der Waals surface area contributed by atoms with Crippen molar-refractivity contribution in [1.29, 1.82) is 0 Å². The van der Waals surface area contributed by atoms with E-state index in [0.29, 0.717) is 18.0 Å². The zero-order valence-corrected chi connectivity index (χ0v) is 12.8. The summed E-state index contributed by atoms with van der Waals surface area (Å²) in [7, 11) is -3.53. The van der Waals surface area contributed by atoms with Gasteiger partial charge in [-0.3, -0.25) is 4.98 Å². The summed E-state index contributed by atoms with van der Waals surface area (Å²) >= 11 is 0. The summed E-state index contributed by atoms with van der Waals surface area (Å²) in [5.74, 6) is 0.366. The molecule has 2 heterocycles. The number of para-hydroxylation sites is 1. The lowest BCUT2D eigenvalue weighted by Crippen LogP contribution is -2.30. The van der Waals surface area contributed by atoms with Crippen LogP contribution in [-0.2, 0) is 10.0 Å². The van der Waals surface area contributed by atoms with Gasteiger partial charge in [-0.25, -0.2) is 13.1 Å². The molecular formula is C15H19N3O2S. The second-order valence-corrected chi connectivity index (χ2v) is 7.29. The average molecular weight is 305 g/mol. The number of aromatic nitrogens is 1. The molecule has 0 saturated carbocycles. The zero-order valence-electron chi connectivity index (χ0n) is 12.0. The summed E-state index contributed by atoms with van der Waals surface area (Å²) in [5, 5.41) is 4.08. The number of hydrogen-bond acceptors (Lipinski definition) is 4. The summed E-state index contributed by atoms with van der Waals surface area (Å²) in [6.45, 7) is 4.24. The van der Waals surface area contributed by atoms with Crippen molar-refractivity contribution in [2.45, 2.75) is 18.2 Å². The number of pyridine rings is 1. The highest BCUT2D eigenvalue weighted by Crippen LogP contribution is 2.21. The molecule has 1 unspecified atom stereocenters. The lowest BCUT2D eigenvalue weighted by molar-refractivity contribution is 0.539. The first-order chi connectivity index (χ1) is 10.1. The van der Waals surface area contributed by atoms with Gasteiger partial charge in [0.15, 0.2) is 0 Å². The molecule has 0 bridgehead atoms. The minimum Gasteiger partial charge on any atom is -0.316 e. The Morgan fingerprint density at radius 1 is 1.43 bits per heavy atom. The lowest BCUT2D eigenvalue weighted by atomic mass is 10.1. The number of benzene rings is 1. The van der Waals surface area contributed by atoms with Crippen LogP contribution in [0, 0.1) is 12.8 Å². The van der Waals surface area contributed by atoms with Crippen LogP contribution in [0.15, 0.2) is 35.4 Å². The van der Waals surface area contributed by atoms with E-state index in [0.717, 1.165) is 30.5 Å². The fourth-order valence-electron chi connectivity index (χ4n) is 2.65. The Hall–Kier alpha value is -1.50.